The largest absolute Gasteiger partial charge is 0.475 e. The molecule has 144 valence electrons. The van der Waals surface area contributed by atoms with Gasteiger partial charge in [0.15, 0.2) is 0 Å². The molecule has 0 saturated heterocycles. The lowest BCUT2D eigenvalue weighted by Gasteiger charge is -2.35. The number of esters is 1. The first-order valence-corrected chi connectivity index (χ1v) is 8.87. The fraction of sp³-hybridized carbons (Fsp3) is 0.300. The average molecular weight is 382 g/mol. The Hall–Kier alpha value is -3.42. The maximum Gasteiger partial charge on any atom is 0.348 e. The summed E-state index contributed by atoms with van der Waals surface area (Å²) in [5.74, 6) is -0.254. The van der Waals surface area contributed by atoms with E-state index in [2.05, 4.69) is 0 Å². The summed E-state index contributed by atoms with van der Waals surface area (Å²) < 4.78 is 10.5. The molecule has 4 rings (SSSR count). The Bertz CT molecular complexity index is 951. The minimum Gasteiger partial charge on any atom is -0.475 e. The Kier molecular flexibility index (Phi) is 4.26. The van der Waals surface area contributed by atoms with Gasteiger partial charge in [-0.2, -0.15) is 0 Å². The highest BCUT2D eigenvalue weighted by molar-refractivity contribution is 6.05. The minimum atomic E-state index is -0.906. The zero-order valence-corrected chi connectivity index (χ0v) is 15.2. The van der Waals surface area contributed by atoms with Crippen molar-refractivity contribution in [3.63, 3.8) is 0 Å². The van der Waals surface area contributed by atoms with Crippen LogP contribution in [0.25, 0.3) is 0 Å². The lowest BCUT2D eigenvalue weighted by molar-refractivity contribution is -0.384. The topological polar surface area (TPSA) is 99.0 Å². The maximum absolute atomic E-state index is 13.5. The standard InChI is InChI=1S/C20H18N2O6/c1-27-18(23)17-12-21(15-4-2-3-5-16(15)28-17)19(24)20(10-11-20)13-6-8-14(9-7-13)22(25)26/h2-9,17H,10-12H2,1H3. The molecule has 8 heteroatoms. The second kappa shape index (κ2) is 6.63. The van der Waals surface area contributed by atoms with Crippen molar-refractivity contribution in [2.24, 2.45) is 0 Å². The second-order valence-corrected chi connectivity index (χ2v) is 6.90. The molecule has 0 spiro atoms. The third-order valence-corrected chi connectivity index (χ3v) is 5.27. The van der Waals surface area contributed by atoms with Crippen molar-refractivity contribution in [3.05, 3.63) is 64.2 Å². The second-order valence-electron chi connectivity index (χ2n) is 6.90. The van der Waals surface area contributed by atoms with Crippen LogP contribution < -0.4 is 9.64 Å². The van der Waals surface area contributed by atoms with E-state index >= 15 is 0 Å². The normalized spacial score (nSPS) is 19.2. The van der Waals surface area contributed by atoms with Crippen LogP contribution >= 0.6 is 0 Å². The lowest BCUT2D eigenvalue weighted by atomic mass is 9.93. The quantitative estimate of drug-likeness (QED) is 0.458. The number of anilines is 1. The SMILES string of the molecule is COC(=O)C1CN(C(=O)C2(c3ccc([N+](=O)[O-])cc3)CC2)c2ccccc2O1. The number of fused-ring (bicyclic) bond motifs is 1. The van der Waals surface area contributed by atoms with Crippen molar-refractivity contribution in [1.82, 2.24) is 0 Å². The van der Waals surface area contributed by atoms with Crippen molar-refractivity contribution in [2.75, 3.05) is 18.6 Å². The van der Waals surface area contributed by atoms with Crippen molar-refractivity contribution < 1.29 is 24.0 Å². The molecule has 0 N–H and O–H groups in total. The molecule has 0 aromatic heterocycles. The Labute approximate surface area is 160 Å². The number of ether oxygens (including phenoxy) is 2. The predicted octanol–water partition coefficient (Wildman–Crippen LogP) is 2.59. The molecule has 1 fully saturated rings. The van der Waals surface area contributed by atoms with Crippen molar-refractivity contribution in [2.45, 2.75) is 24.4 Å². The Morgan fingerprint density at radius 1 is 1.18 bits per heavy atom. The van der Waals surface area contributed by atoms with E-state index in [1.165, 1.54) is 19.2 Å². The highest BCUT2D eigenvalue weighted by Gasteiger charge is 2.54. The van der Waals surface area contributed by atoms with E-state index in [0.29, 0.717) is 24.3 Å². The number of methoxy groups -OCH3 is 1. The van der Waals surface area contributed by atoms with Crippen LogP contribution in [0.3, 0.4) is 0 Å². The Balaban J connectivity index is 1.68. The summed E-state index contributed by atoms with van der Waals surface area (Å²) in [6.45, 7) is 0.0528. The summed E-state index contributed by atoms with van der Waals surface area (Å²) in [6.07, 6.45) is 0.384. The van der Waals surface area contributed by atoms with Crippen LogP contribution in [0.4, 0.5) is 11.4 Å². The first-order chi connectivity index (χ1) is 13.5. The van der Waals surface area contributed by atoms with Gasteiger partial charge in [-0.05, 0) is 30.5 Å². The molecule has 28 heavy (non-hydrogen) atoms. The molecule has 1 aliphatic carbocycles. The summed E-state index contributed by atoms with van der Waals surface area (Å²) in [4.78, 5) is 37.5. The van der Waals surface area contributed by atoms with Gasteiger partial charge in [0.25, 0.3) is 5.69 Å². The van der Waals surface area contributed by atoms with E-state index < -0.39 is 22.4 Å². The molecule has 1 aliphatic heterocycles. The number of nitrogens with zero attached hydrogens (tertiary/aromatic N) is 2. The van der Waals surface area contributed by atoms with E-state index in [1.807, 2.05) is 0 Å². The number of carbonyl (C=O) groups is 2. The summed E-state index contributed by atoms with van der Waals surface area (Å²) in [6, 6.07) is 13.1. The number of nitro groups is 1. The number of rotatable bonds is 4. The van der Waals surface area contributed by atoms with E-state index in [4.69, 9.17) is 9.47 Å². The zero-order valence-electron chi connectivity index (χ0n) is 15.2. The minimum absolute atomic E-state index is 0.0190. The molecule has 2 aliphatic rings. The molecule has 1 unspecified atom stereocenters. The molecule has 1 heterocycles. The van der Waals surface area contributed by atoms with Crippen molar-refractivity contribution >= 4 is 23.3 Å². The van der Waals surface area contributed by atoms with Gasteiger partial charge in [0.1, 0.15) is 5.75 Å². The van der Waals surface area contributed by atoms with Gasteiger partial charge in [-0.15, -0.1) is 0 Å². The summed E-state index contributed by atoms with van der Waals surface area (Å²) in [5, 5.41) is 10.9. The van der Waals surface area contributed by atoms with Gasteiger partial charge < -0.3 is 14.4 Å². The number of hydrogen-bond donors (Lipinski definition) is 0. The van der Waals surface area contributed by atoms with Crippen LogP contribution in [0.15, 0.2) is 48.5 Å². The molecule has 2 aromatic carbocycles. The number of non-ortho nitro benzene ring substituents is 1. The van der Waals surface area contributed by atoms with Crippen LogP contribution in [0.2, 0.25) is 0 Å². The molecule has 0 radical (unpaired) electrons. The monoisotopic (exact) mass is 382 g/mol. The molecule has 2 aromatic rings. The van der Waals surface area contributed by atoms with Crippen LogP contribution in [-0.4, -0.2) is 36.6 Å². The molecule has 1 atom stereocenters. The van der Waals surface area contributed by atoms with Gasteiger partial charge in [-0.25, -0.2) is 4.79 Å². The van der Waals surface area contributed by atoms with Gasteiger partial charge in [-0.1, -0.05) is 24.3 Å². The fourth-order valence-corrected chi connectivity index (χ4v) is 3.59. The van der Waals surface area contributed by atoms with Crippen molar-refractivity contribution in [3.8, 4) is 5.75 Å². The highest BCUT2D eigenvalue weighted by atomic mass is 16.6. The fourth-order valence-electron chi connectivity index (χ4n) is 3.59. The molecular weight excluding hydrogens is 364 g/mol. The third kappa shape index (κ3) is 2.87. The molecule has 1 amide bonds. The average Bonchev–Trinajstić information content (AvgIpc) is 3.54. The van der Waals surface area contributed by atoms with Gasteiger partial charge >= 0.3 is 5.97 Å². The molecule has 1 saturated carbocycles. The predicted molar refractivity (Wildman–Crippen MR) is 99.2 cm³/mol. The Morgan fingerprint density at radius 3 is 2.46 bits per heavy atom. The van der Waals surface area contributed by atoms with Crippen molar-refractivity contribution in [1.29, 1.82) is 0 Å². The van der Waals surface area contributed by atoms with Gasteiger partial charge in [-0.3, -0.25) is 14.9 Å². The first kappa shape index (κ1) is 18.0. The lowest BCUT2D eigenvalue weighted by Crippen LogP contribution is -2.50. The van der Waals surface area contributed by atoms with Crippen LogP contribution in [-0.2, 0) is 19.7 Å². The van der Waals surface area contributed by atoms with E-state index in [-0.39, 0.29) is 18.1 Å². The smallest absolute Gasteiger partial charge is 0.348 e. The Morgan fingerprint density at radius 2 is 1.86 bits per heavy atom. The summed E-state index contributed by atoms with van der Waals surface area (Å²) in [5.41, 5.74) is 0.581. The van der Waals surface area contributed by atoms with Crippen LogP contribution in [0, 0.1) is 10.1 Å². The van der Waals surface area contributed by atoms with Gasteiger partial charge in [0.2, 0.25) is 12.0 Å². The molecule has 8 nitrogen and oxygen atoms in total. The summed E-state index contributed by atoms with van der Waals surface area (Å²) >= 11 is 0. The number of benzene rings is 2. The molecular formula is C20H18N2O6. The van der Waals surface area contributed by atoms with Gasteiger partial charge in [0, 0.05) is 12.1 Å². The summed E-state index contributed by atoms with van der Waals surface area (Å²) in [7, 11) is 1.28. The van der Waals surface area contributed by atoms with Gasteiger partial charge in [0.05, 0.1) is 29.7 Å². The zero-order chi connectivity index (χ0) is 19.9. The molecule has 0 bridgehead atoms. The van der Waals surface area contributed by atoms with Crippen LogP contribution in [0.1, 0.15) is 18.4 Å². The number of carbonyl (C=O) groups excluding carboxylic acids is 2. The maximum atomic E-state index is 13.5. The number of nitro benzene ring substituents is 1. The number of hydrogen-bond acceptors (Lipinski definition) is 6. The van der Waals surface area contributed by atoms with E-state index in [1.54, 1.807) is 41.3 Å². The van der Waals surface area contributed by atoms with Crippen LogP contribution in [0.5, 0.6) is 5.75 Å². The van der Waals surface area contributed by atoms with E-state index in [9.17, 15) is 19.7 Å². The number of amides is 1. The number of para-hydroxylation sites is 2. The van der Waals surface area contributed by atoms with E-state index in [0.717, 1.165) is 5.56 Å². The third-order valence-electron chi connectivity index (χ3n) is 5.27. The highest BCUT2D eigenvalue weighted by Crippen LogP contribution is 2.51. The first-order valence-electron chi connectivity index (χ1n) is 8.87.